The maximum atomic E-state index is 12.9. The van der Waals surface area contributed by atoms with Crippen molar-refractivity contribution < 1.29 is 19.1 Å². The molecule has 2 amide bonds. The van der Waals surface area contributed by atoms with Gasteiger partial charge < -0.3 is 15.4 Å². The van der Waals surface area contributed by atoms with E-state index in [4.69, 9.17) is 4.74 Å². The summed E-state index contributed by atoms with van der Waals surface area (Å²) >= 11 is 0. The van der Waals surface area contributed by atoms with Crippen LogP contribution in [0.5, 0.6) is 0 Å². The number of carbonyl (C=O) groups is 3. The molecule has 0 aliphatic carbocycles. The van der Waals surface area contributed by atoms with E-state index in [2.05, 4.69) is 17.2 Å². The molecule has 1 aromatic carbocycles. The quantitative estimate of drug-likeness (QED) is 0.769. The molecular weight excluding hydrogens is 344 g/mol. The van der Waals surface area contributed by atoms with Crippen LogP contribution in [0.3, 0.4) is 0 Å². The van der Waals surface area contributed by atoms with Gasteiger partial charge in [0, 0.05) is 5.56 Å². The molecule has 0 aromatic heterocycles. The molecule has 2 N–H and O–H groups in total. The molecule has 1 aliphatic rings. The summed E-state index contributed by atoms with van der Waals surface area (Å²) in [5.74, 6) is -0.700. The van der Waals surface area contributed by atoms with Crippen LogP contribution in [0, 0.1) is 5.92 Å². The first-order valence-corrected chi connectivity index (χ1v) is 9.17. The van der Waals surface area contributed by atoms with Crippen molar-refractivity contribution in [2.24, 2.45) is 5.92 Å². The monoisotopic (exact) mass is 372 g/mol. The normalized spacial score (nSPS) is 23.1. The minimum atomic E-state index is -1.08. The fraction of sp³-hybridized carbons (Fsp3) is 0.476. The fourth-order valence-electron chi connectivity index (χ4n) is 2.97. The van der Waals surface area contributed by atoms with Crippen LogP contribution >= 0.6 is 0 Å². The van der Waals surface area contributed by atoms with E-state index >= 15 is 0 Å². The molecule has 6 heteroatoms. The first kappa shape index (κ1) is 20.8. The van der Waals surface area contributed by atoms with E-state index in [0.717, 1.165) is 5.56 Å². The smallest absolute Gasteiger partial charge is 0.251 e. The molecule has 0 saturated carbocycles. The number of ether oxygens (including phenoxy) is 1. The first-order chi connectivity index (χ1) is 12.7. The highest BCUT2D eigenvalue weighted by atomic mass is 16.5. The van der Waals surface area contributed by atoms with Gasteiger partial charge in [0.1, 0.15) is 18.2 Å². The molecule has 1 aliphatic heterocycles. The van der Waals surface area contributed by atoms with E-state index in [1.54, 1.807) is 44.2 Å². The lowest BCUT2D eigenvalue weighted by molar-refractivity contribution is -0.130. The molecule has 0 spiro atoms. The van der Waals surface area contributed by atoms with Crippen molar-refractivity contribution in [1.29, 1.82) is 0 Å². The number of benzene rings is 1. The highest BCUT2D eigenvalue weighted by Gasteiger charge is 2.47. The third-order valence-electron chi connectivity index (χ3n) is 4.98. The molecule has 1 heterocycles. The molecule has 2 rings (SSSR count). The number of amides is 2. The highest BCUT2D eigenvalue weighted by molar-refractivity contribution is 6.00. The maximum absolute atomic E-state index is 12.9. The Morgan fingerprint density at radius 1 is 1.33 bits per heavy atom. The zero-order chi connectivity index (χ0) is 20.2. The Bertz CT molecular complexity index is 726. The van der Waals surface area contributed by atoms with E-state index in [1.165, 1.54) is 0 Å². The van der Waals surface area contributed by atoms with Crippen LogP contribution in [0.4, 0.5) is 0 Å². The molecule has 27 heavy (non-hydrogen) atoms. The van der Waals surface area contributed by atoms with Crippen LogP contribution in [-0.2, 0) is 14.3 Å². The maximum Gasteiger partial charge on any atom is 0.251 e. The Morgan fingerprint density at radius 3 is 2.44 bits per heavy atom. The number of ketones is 1. The number of hydrogen-bond acceptors (Lipinski definition) is 4. The van der Waals surface area contributed by atoms with Gasteiger partial charge in [0.15, 0.2) is 5.78 Å². The molecule has 0 bridgehead atoms. The zero-order valence-electron chi connectivity index (χ0n) is 16.4. The summed E-state index contributed by atoms with van der Waals surface area (Å²) in [7, 11) is 0. The van der Waals surface area contributed by atoms with Gasteiger partial charge in [-0.2, -0.15) is 0 Å². The second kappa shape index (κ2) is 8.48. The lowest BCUT2D eigenvalue weighted by Crippen LogP contribution is -2.60. The van der Waals surface area contributed by atoms with E-state index in [9.17, 15) is 14.4 Å². The Morgan fingerprint density at radius 2 is 1.96 bits per heavy atom. The zero-order valence-corrected chi connectivity index (χ0v) is 16.4. The van der Waals surface area contributed by atoms with Gasteiger partial charge in [-0.15, -0.1) is 0 Å². The average Bonchev–Trinajstić information content (AvgIpc) is 2.88. The van der Waals surface area contributed by atoms with Crippen LogP contribution < -0.4 is 10.6 Å². The van der Waals surface area contributed by atoms with Crippen molar-refractivity contribution in [1.82, 2.24) is 10.6 Å². The van der Waals surface area contributed by atoms with E-state index in [1.807, 2.05) is 13.8 Å². The Hall–Kier alpha value is -2.47. The third-order valence-corrected chi connectivity index (χ3v) is 4.98. The average molecular weight is 372 g/mol. The second-order valence-electron chi connectivity index (χ2n) is 7.55. The molecular formula is C21H28N2O4. The minimum absolute atomic E-state index is 0.0190. The molecule has 6 nitrogen and oxygen atoms in total. The molecule has 0 radical (unpaired) electrons. The van der Waals surface area contributed by atoms with Gasteiger partial charge in [0.05, 0.1) is 6.10 Å². The van der Waals surface area contributed by atoms with Gasteiger partial charge in [-0.05, 0) is 43.9 Å². The molecule has 3 unspecified atom stereocenters. The molecule has 1 saturated heterocycles. The summed E-state index contributed by atoms with van der Waals surface area (Å²) < 4.78 is 5.35. The lowest BCUT2D eigenvalue weighted by Gasteiger charge is -2.30. The van der Waals surface area contributed by atoms with Crippen LogP contribution in [-0.4, -0.2) is 41.9 Å². The van der Waals surface area contributed by atoms with Crippen molar-refractivity contribution in [3.63, 3.8) is 0 Å². The lowest BCUT2D eigenvalue weighted by atomic mass is 9.92. The third kappa shape index (κ3) is 4.83. The van der Waals surface area contributed by atoms with E-state index < -0.39 is 17.7 Å². The van der Waals surface area contributed by atoms with Crippen LogP contribution in [0.1, 0.15) is 50.0 Å². The molecule has 146 valence electrons. The standard InChI is InChI=1S/C21H28N2O4/c1-6-15-7-9-16(10-8-15)19(25)22-17(11-13(2)3)20(26)23-21(5)14(4)27-12-18(21)24/h6-10,13-14,17H,1,11-12H2,2-5H3,(H,22,25)(H,23,26). The van der Waals surface area contributed by atoms with Gasteiger partial charge in [-0.3, -0.25) is 14.4 Å². The Labute approximate surface area is 160 Å². The number of nitrogens with one attached hydrogen (secondary N) is 2. The number of rotatable bonds is 7. The van der Waals surface area contributed by atoms with Gasteiger partial charge in [-0.1, -0.05) is 38.6 Å². The van der Waals surface area contributed by atoms with Crippen LogP contribution in [0.2, 0.25) is 0 Å². The predicted octanol–water partition coefficient (Wildman–Crippen LogP) is 2.34. The van der Waals surface area contributed by atoms with Gasteiger partial charge in [0.25, 0.3) is 5.91 Å². The van der Waals surface area contributed by atoms with E-state index in [0.29, 0.717) is 12.0 Å². The van der Waals surface area contributed by atoms with Crippen molar-refractivity contribution in [2.75, 3.05) is 6.61 Å². The SMILES string of the molecule is C=Cc1ccc(C(=O)NC(CC(C)C)C(=O)NC2(C)C(=O)COC2C)cc1. The van der Waals surface area contributed by atoms with Crippen molar-refractivity contribution >= 4 is 23.7 Å². The summed E-state index contributed by atoms with van der Waals surface area (Å²) in [6, 6.07) is 6.21. The predicted molar refractivity (Wildman–Crippen MR) is 104 cm³/mol. The Kier molecular flexibility index (Phi) is 6.54. The van der Waals surface area contributed by atoms with Crippen LogP contribution in [0.15, 0.2) is 30.8 Å². The summed E-state index contributed by atoms with van der Waals surface area (Å²) in [6.07, 6.45) is 1.73. The van der Waals surface area contributed by atoms with Crippen LogP contribution in [0.25, 0.3) is 6.08 Å². The molecule has 1 fully saturated rings. The Balaban J connectivity index is 2.13. The minimum Gasteiger partial charge on any atom is -0.368 e. The second-order valence-corrected chi connectivity index (χ2v) is 7.55. The molecule has 1 aromatic rings. The first-order valence-electron chi connectivity index (χ1n) is 9.17. The number of Topliss-reactive ketones (excluding diaryl/α,β-unsaturated/α-hetero) is 1. The summed E-state index contributed by atoms with van der Waals surface area (Å²) in [5, 5.41) is 5.59. The summed E-state index contributed by atoms with van der Waals surface area (Å²) in [6.45, 7) is 11.0. The van der Waals surface area contributed by atoms with Crippen molar-refractivity contribution in [2.45, 2.75) is 51.8 Å². The number of carbonyl (C=O) groups excluding carboxylic acids is 3. The van der Waals surface area contributed by atoms with E-state index in [-0.39, 0.29) is 30.1 Å². The van der Waals surface area contributed by atoms with Gasteiger partial charge in [-0.25, -0.2) is 0 Å². The largest absolute Gasteiger partial charge is 0.368 e. The van der Waals surface area contributed by atoms with Crippen molar-refractivity contribution in [3.05, 3.63) is 42.0 Å². The molecule has 3 atom stereocenters. The summed E-state index contributed by atoms with van der Waals surface area (Å²) in [5.41, 5.74) is 0.287. The number of hydrogen-bond donors (Lipinski definition) is 2. The fourth-order valence-corrected chi connectivity index (χ4v) is 2.97. The highest BCUT2D eigenvalue weighted by Crippen LogP contribution is 2.22. The van der Waals surface area contributed by atoms with Gasteiger partial charge >= 0.3 is 0 Å². The van der Waals surface area contributed by atoms with Gasteiger partial charge in [0.2, 0.25) is 5.91 Å². The summed E-state index contributed by atoms with van der Waals surface area (Å²) in [4.78, 5) is 37.6. The topological polar surface area (TPSA) is 84.5 Å². The van der Waals surface area contributed by atoms with Crippen molar-refractivity contribution in [3.8, 4) is 0 Å².